The fraction of sp³-hybridized carbons (Fsp3) is 0.611. The maximum atomic E-state index is 11.6. The van der Waals surface area contributed by atoms with Crippen molar-refractivity contribution in [1.82, 2.24) is 4.90 Å². The van der Waals surface area contributed by atoms with Crippen LogP contribution in [-0.2, 0) is 16.8 Å². The van der Waals surface area contributed by atoms with Gasteiger partial charge in [0.1, 0.15) is 6.61 Å². The van der Waals surface area contributed by atoms with Gasteiger partial charge in [0.25, 0.3) is 0 Å². The Balaban J connectivity index is 2.96. The van der Waals surface area contributed by atoms with Gasteiger partial charge in [0.15, 0.2) is 0 Å². The summed E-state index contributed by atoms with van der Waals surface area (Å²) in [5.74, 6) is 0. The van der Waals surface area contributed by atoms with Gasteiger partial charge >= 0.3 is 6.09 Å². The van der Waals surface area contributed by atoms with E-state index in [1.165, 1.54) is 28.9 Å². The summed E-state index contributed by atoms with van der Waals surface area (Å²) in [6.07, 6.45) is 3.24. The van der Waals surface area contributed by atoms with E-state index in [2.05, 4.69) is 45.9 Å². The molecule has 0 aliphatic carbocycles. The number of rotatable bonds is 6. The van der Waals surface area contributed by atoms with E-state index in [1.54, 1.807) is 14.1 Å². The van der Waals surface area contributed by atoms with Crippen LogP contribution in [0.25, 0.3) is 0 Å². The molecule has 0 atom stereocenters. The average Bonchev–Trinajstić information content (AvgIpc) is 2.43. The molecule has 0 spiro atoms. The minimum Gasteiger partial charge on any atom is -0.445 e. The SMILES string of the molecule is CCCCC(C)(C)c1cc(C)ccc1COC(=O)N(C)C. The van der Waals surface area contributed by atoms with Gasteiger partial charge < -0.3 is 9.64 Å². The number of amides is 1. The third kappa shape index (κ3) is 5.07. The maximum absolute atomic E-state index is 11.6. The minimum atomic E-state index is -0.298. The molecule has 1 rings (SSSR count). The van der Waals surface area contributed by atoms with E-state index in [9.17, 15) is 4.79 Å². The number of aryl methyl sites for hydroxylation is 1. The van der Waals surface area contributed by atoms with Gasteiger partial charge in [-0.15, -0.1) is 0 Å². The van der Waals surface area contributed by atoms with Crippen molar-refractivity contribution in [3.05, 3.63) is 34.9 Å². The van der Waals surface area contributed by atoms with Crippen molar-refractivity contribution in [2.45, 2.75) is 59.0 Å². The molecule has 0 unspecified atom stereocenters. The molecule has 0 aliphatic rings. The zero-order chi connectivity index (χ0) is 16.0. The van der Waals surface area contributed by atoms with E-state index in [0.29, 0.717) is 6.61 Å². The second-order valence-corrected chi connectivity index (χ2v) is 6.60. The van der Waals surface area contributed by atoms with Crippen molar-refractivity contribution >= 4 is 6.09 Å². The van der Waals surface area contributed by atoms with Crippen LogP contribution in [0.15, 0.2) is 18.2 Å². The zero-order valence-corrected chi connectivity index (χ0v) is 14.3. The fourth-order valence-electron chi connectivity index (χ4n) is 2.47. The van der Waals surface area contributed by atoms with Crippen molar-refractivity contribution in [3.8, 4) is 0 Å². The fourth-order valence-corrected chi connectivity index (χ4v) is 2.47. The van der Waals surface area contributed by atoms with Crippen LogP contribution in [0.5, 0.6) is 0 Å². The Hall–Kier alpha value is -1.51. The third-order valence-corrected chi connectivity index (χ3v) is 3.87. The number of hydrogen-bond donors (Lipinski definition) is 0. The number of carbonyl (C=O) groups is 1. The molecule has 0 N–H and O–H groups in total. The number of carbonyl (C=O) groups excluding carboxylic acids is 1. The number of nitrogens with zero attached hydrogens (tertiary/aromatic N) is 1. The average molecular weight is 291 g/mol. The van der Waals surface area contributed by atoms with E-state index >= 15 is 0 Å². The maximum Gasteiger partial charge on any atom is 0.409 e. The molecule has 118 valence electrons. The molecule has 0 radical (unpaired) electrons. The first-order valence-electron chi connectivity index (χ1n) is 7.72. The van der Waals surface area contributed by atoms with Crippen molar-refractivity contribution < 1.29 is 9.53 Å². The number of hydrogen-bond acceptors (Lipinski definition) is 2. The molecule has 0 bridgehead atoms. The monoisotopic (exact) mass is 291 g/mol. The molecular formula is C18H29NO2. The summed E-state index contributed by atoms with van der Waals surface area (Å²) in [7, 11) is 3.40. The van der Waals surface area contributed by atoms with Gasteiger partial charge in [-0.1, -0.05) is 57.4 Å². The number of unbranched alkanes of at least 4 members (excludes halogenated alkanes) is 1. The van der Waals surface area contributed by atoms with Crippen LogP contribution in [0.4, 0.5) is 4.79 Å². The standard InChI is InChI=1S/C18H29NO2/c1-7-8-11-18(3,4)16-12-14(2)9-10-15(16)13-21-17(20)19(5)6/h9-10,12H,7-8,11,13H2,1-6H3. The van der Waals surface area contributed by atoms with Crippen LogP contribution in [0.1, 0.15) is 56.7 Å². The van der Waals surface area contributed by atoms with Crippen LogP contribution < -0.4 is 0 Å². The molecule has 1 aromatic carbocycles. The summed E-state index contributed by atoms with van der Waals surface area (Å²) >= 11 is 0. The summed E-state index contributed by atoms with van der Waals surface area (Å²) in [5, 5.41) is 0. The highest BCUT2D eigenvalue weighted by atomic mass is 16.6. The Kier molecular flexibility index (Phi) is 6.25. The first-order valence-corrected chi connectivity index (χ1v) is 7.72. The van der Waals surface area contributed by atoms with Gasteiger partial charge in [-0.25, -0.2) is 4.79 Å². The van der Waals surface area contributed by atoms with E-state index < -0.39 is 0 Å². The van der Waals surface area contributed by atoms with E-state index in [1.807, 2.05) is 0 Å². The number of benzene rings is 1. The predicted molar refractivity (Wildman–Crippen MR) is 87.6 cm³/mol. The van der Waals surface area contributed by atoms with Gasteiger partial charge in [0.2, 0.25) is 0 Å². The van der Waals surface area contributed by atoms with Crippen molar-refractivity contribution in [2.24, 2.45) is 0 Å². The first-order chi connectivity index (χ1) is 9.77. The van der Waals surface area contributed by atoms with Gasteiger partial charge in [-0.3, -0.25) is 0 Å². The zero-order valence-electron chi connectivity index (χ0n) is 14.3. The third-order valence-electron chi connectivity index (χ3n) is 3.87. The lowest BCUT2D eigenvalue weighted by Crippen LogP contribution is -2.24. The highest BCUT2D eigenvalue weighted by molar-refractivity contribution is 5.66. The molecular weight excluding hydrogens is 262 g/mol. The normalized spacial score (nSPS) is 11.3. The molecule has 0 aliphatic heterocycles. The Morgan fingerprint density at radius 2 is 1.95 bits per heavy atom. The van der Waals surface area contributed by atoms with Crippen LogP contribution in [-0.4, -0.2) is 25.1 Å². The lowest BCUT2D eigenvalue weighted by atomic mass is 9.77. The van der Waals surface area contributed by atoms with Crippen LogP contribution in [0, 0.1) is 6.92 Å². The van der Waals surface area contributed by atoms with Gasteiger partial charge in [-0.05, 0) is 29.9 Å². The van der Waals surface area contributed by atoms with E-state index in [0.717, 1.165) is 12.0 Å². The molecule has 0 fully saturated rings. The molecule has 0 saturated heterocycles. The van der Waals surface area contributed by atoms with Crippen molar-refractivity contribution in [2.75, 3.05) is 14.1 Å². The molecule has 1 aromatic rings. The summed E-state index contributed by atoms with van der Waals surface area (Å²) in [5.41, 5.74) is 3.75. The van der Waals surface area contributed by atoms with Crippen molar-refractivity contribution in [1.29, 1.82) is 0 Å². The van der Waals surface area contributed by atoms with Gasteiger partial charge in [0, 0.05) is 14.1 Å². The number of ether oxygens (including phenoxy) is 1. The molecule has 0 saturated carbocycles. The summed E-state index contributed by atoms with van der Waals surface area (Å²) in [4.78, 5) is 13.1. The Bertz CT molecular complexity index is 478. The minimum absolute atomic E-state index is 0.0991. The molecule has 1 amide bonds. The van der Waals surface area contributed by atoms with E-state index in [4.69, 9.17) is 4.74 Å². The largest absolute Gasteiger partial charge is 0.445 e. The second-order valence-electron chi connectivity index (χ2n) is 6.60. The summed E-state index contributed by atoms with van der Waals surface area (Å²) in [6, 6.07) is 6.40. The Morgan fingerprint density at radius 1 is 1.29 bits per heavy atom. The first kappa shape index (κ1) is 17.5. The Morgan fingerprint density at radius 3 is 2.52 bits per heavy atom. The lowest BCUT2D eigenvalue weighted by molar-refractivity contribution is 0.111. The predicted octanol–water partition coefficient (Wildman–Crippen LogP) is 4.66. The lowest BCUT2D eigenvalue weighted by Gasteiger charge is -2.28. The highest BCUT2D eigenvalue weighted by Crippen LogP contribution is 2.32. The molecule has 0 heterocycles. The Labute approximate surface area is 129 Å². The molecule has 3 nitrogen and oxygen atoms in total. The molecule has 21 heavy (non-hydrogen) atoms. The highest BCUT2D eigenvalue weighted by Gasteiger charge is 2.23. The van der Waals surface area contributed by atoms with Crippen LogP contribution in [0.2, 0.25) is 0 Å². The second kappa shape index (κ2) is 7.48. The summed E-state index contributed by atoms with van der Waals surface area (Å²) < 4.78 is 5.36. The smallest absolute Gasteiger partial charge is 0.409 e. The van der Waals surface area contributed by atoms with Gasteiger partial charge in [0.05, 0.1) is 0 Å². The topological polar surface area (TPSA) is 29.5 Å². The van der Waals surface area contributed by atoms with Crippen LogP contribution in [0.3, 0.4) is 0 Å². The van der Waals surface area contributed by atoms with Crippen LogP contribution >= 0.6 is 0 Å². The molecule has 3 heteroatoms. The van der Waals surface area contributed by atoms with Gasteiger partial charge in [-0.2, -0.15) is 0 Å². The van der Waals surface area contributed by atoms with Crippen molar-refractivity contribution in [3.63, 3.8) is 0 Å². The quantitative estimate of drug-likeness (QED) is 0.763. The van der Waals surface area contributed by atoms with E-state index in [-0.39, 0.29) is 11.5 Å². The summed E-state index contributed by atoms with van der Waals surface area (Å²) in [6.45, 7) is 9.20. The molecule has 0 aromatic heterocycles.